The summed E-state index contributed by atoms with van der Waals surface area (Å²) in [7, 11) is -1.60. The minimum absolute atomic E-state index is 0.139. The van der Waals surface area contributed by atoms with E-state index >= 15 is 0 Å². The normalized spacial score (nSPS) is 14.0. The molecule has 0 unspecified atom stereocenters. The van der Waals surface area contributed by atoms with Crippen molar-refractivity contribution in [3.8, 4) is 5.75 Å². The molecule has 0 atom stereocenters. The van der Waals surface area contributed by atoms with Crippen LogP contribution in [0.3, 0.4) is 0 Å². The van der Waals surface area contributed by atoms with E-state index < -0.39 is 10.0 Å². The minimum atomic E-state index is -3.23. The summed E-state index contributed by atoms with van der Waals surface area (Å²) in [6.45, 7) is 0.513. The van der Waals surface area contributed by atoms with Crippen molar-refractivity contribution in [1.82, 2.24) is 0 Å². The van der Waals surface area contributed by atoms with Gasteiger partial charge < -0.3 is 0 Å². The van der Waals surface area contributed by atoms with Crippen molar-refractivity contribution in [2.75, 3.05) is 24.2 Å². The number of rotatable bonds is 4. The predicted octanol–water partition coefficient (Wildman–Crippen LogP) is 0.672. The number of hydrogen-bond donors (Lipinski definition) is 0. The SMILES string of the molecule is COc1cc2c(cc1[Se]c1ccccc1)CCN2S(C)(=O)=O. The van der Waals surface area contributed by atoms with Crippen LogP contribution in [0.25, 0.3) is 0 Å². The standard InChI is InChI=1S/C16H17NO3SSe/c1-20-15-11-14-12(8-9-17(14)21(2,18)19)10-16(15)22-13-6-4-3-5-7-13/h3-7,10-11H,8-9H2,1-2H3. The molecule has 0 spiro atoms. The van der Waals surface area contributed by atoms with E-state index in [9.17, 15) is 8.42 Å². The van der Waals surface area contributed by atoms with Gasteiger partial charge in [-0.15, -0.1) is 0 Å². The average molecular weight is 382 g/mol. The molecule has 0 aromatic heterocycles. The fraction of sp³-hybridized carbons (Fsp3) is 0.250. The maximum atomic E-state index is 11.9. The van der Waals surface area contributed by atoms with Crippen LogP contribution in [0.5, 0.6) is 5.75 Å². The van der Waals surface area contributed by atoms with Crippen LogP contribution in [0.1, 0.15) is 5.56 Å². The first-order valence-electron chi connectivity index (χ1n) is 6.90. The molecule has 1 aliphatic rings. The van der Waals surface area contributed by atoms with E-state index in [2.05, 4.69) is 18.2 Å². The van der Waals surface area contributed by atoms with Crippen molar-refractivity contribution in [2.45, 2.75) is 6.42 Å². The summed E-state index contributed by atoms with van der Waals surface area (Å²) >= 11 is 0.139. The van der Waals surface area contributed by atoms with Gasteiger partial charge in [0.2, 0.25) is 0 Å². The molecule has 6 heteroatoms. The van der Waals surface area contributed by atoms with Gasteiger partial charge in [-0.2, -0.15) is 0 Å². The molecular weight excluding hydrogens is 365 g/mol. The molecule has 0 saturated heterocycles. The molecule has 1 heterocycles. The molecule has 0 fully saturated rings. The Morgan fingerprint density at radius 3 is 2.55 bits per heavy atom. The zero-order valence-corrected chi connectivity index (χ0v) is 15.0. The zero-order chi connectivity index (χ0) is 15.7. The molecule has 4 nitrogen and oxygen atoms in total. The van der Waals surface area contributed by atoms with Crippen molar-refractivity contribution in [3.05, 3.63) is 48.0 Å². The first-order valence-corrected chi connectivity index (χ1v) is 10.5. The Labute approximate surface area is 137 Å². The van der Waals surface area contributed by atoms with Gasteiger partial charge in [0.05, 0.1) is 0 Å². The molecule has 0 bridgehead atoms. The van der Waals surface area contributed by atoms with E-state index in [1.54, 1.807) is 7.11 Å². The number of methoxy groups -OCH3 is 1. The summed E-state index contributed by atoms with van der Waals surface area (Å²) in [6, 6.07) is 14.2. The van der Waals surface area contributed by atoms with E-state index in [1.807, 2.05) is 24.3 Å². The molecular formula is C16H17NO3SSe. The van der Waals surface area contributed by atoms with Crippen molar-refractivity contribution in [3.63, 3.8) is 0 Å². The number of hydrogen-bond acceptors (Lipinski definition) is 3. The van der Waals surface area contributed by atoms with Gasteiger partial charge in [-0.3, -0.25) is 0 Å². The van der Waals surface area contributed by atoms with Gasteiger partial charge in [-0.1, -0.05) is 0 Å². The first kappa shape index (κ1) is 15.4. The van der Waals surface area contributed by atoms with E-state index in [1.165, 1.54) is 15.0 Å². The Kier molecular flexibility index (Phi) is 4.17. The summed E-state index contributed by atoms with van der Waals surface area (Å²) in [5.74, 6) is 0.762. The van der Waals surface area contributed by atoms with Gasteiger partial charge in [0.1, 0.15) is 0 Å². The molecule has 0 amide bonds. The second kappa shape index (κ2) is 5.95. The molecule has 0 N–H and O–H groups in total. The van der Waals surface area contributed by atoms with E-state index in [0.29, 0.717) is 6.54 Å². The van der Waals surface area contributed by atoms with Crippen LogP contribution in [0.2, 0.25) is 0 Å². The van der Waals surface area contributed by atoms with Crippen molar-refractivity contribution >= 4 is 39.6 Å². The van der Waals surface area contributed by atoms with Gasteiger partial charge in [-0.25, -0.2) is 0 Å². The van der Waals surface area contributed by atoms with E-state index in [-0.39, 0.29) is 15.0 Å². The molecule has 0 radical (unpaired) electrons. The van der Waals surface area contributed by atoms with Crippen LogP contribution in [0, 0.1) is 0 Å². The zero-order valence-electron chi connectivity index (χ0n) is 12.4. The van der Waals surface area contributed by atoms with Gasteiger partial charge in [0, 0.05) is 0 Å². The third kappa shape index (κ3) is 3.00. The third-order valence-corrected chi connectivity index (χ3v) is 6.97. The number of ether oxygens (including phenoxy) is 1. The maximum absolute atomic E-state index is 11.9. The Balaban J connectivity index is 2.01. The number of sulfonamides is 1. The fourth-order valence-electron chi connectivity index (χ4n) is 2.57. The van der Waals surface area contributed by atoms with Crippen LogP contribution >= 0.6 is 0 Å². The van der Waals surface area contributed by atoms with Crippen LogP contribution in [-0.2, 0) is 16.4 Å². The number of benzene rings is 2. The number of fused-ring (bicyclic) bond motifs is 1. The Bertz CT molecular complexity index is 791. The Morgan fingerprint density at radius 1 is 1.18 bits per heavy atom. The molecule has 2 aromatic rings. The molecule has 0 aliphatic carbocycles. The number of anilines is 1. The molecule has 3 rings (SSSR count). The Hall–Kier alpha value is -1.49. The molecule has 116 valence electrons. The quantitative estimate of drug-likeness (QED) is 0.731. The number of nitrogens with zero attached hydrogens (tertiary/aromatic N) is 1. The second-order valence-electron chi connectivity index (χ2n) is 5.13. The first-order chi connectivity index (χ1) is 10.5. The summed E-state index contributed by atoms with van der Waals surface area (Å²) in [5.41, 5.74) is 1.84. The van der Waals surface area contributed by atoms with Gasteiger partial charge >= 0.3 is 137 Å². The Morgan fingerprint density at radius 2 is 1.91 bits per heavy atom. The van der Waals surface area contributed by atoms with Crippen LogP contribution in [0.15, 0.2) is 42.5 Å². The van der Waals surface area contributed by atoms with Gasteiger partial charge in [-0.05, 0) is 0 Å². The van der Waals surface area contributed by atoms with Crippen LogP contribution < -0.4 is 18.0 Å². The topological polar surface area (TPSA) is 46.6 Å². The summed E-state index contributed by atoms with van der Waals surface area (Å²) < 4.78 is 33.1. The summed E-state index contributed by atoms with van der Waals surface area (Å²) in [6.07, 6.45) is 2.00. The van der Waals surface area contributed by atoms with Crippen molar-refractivity contribution in [1.29, 1.82) is 0 Å². The fourth-order valence-corrected chi connectivity index (χ4v) is 5.60. The van der Waals surface area contributed by atoms with Crippen LogP contribution in [0.4, 0.5) is 5.69 Å². The second-order valence-corrected chi connectivity index (χ2v) is 9.38. The predicted molar refractivity (Wildman–Crippen MR) is 90.4 cm³/mol. The molecule has 2 aromatic carbocycles. The average Bonchev–Trinajstić information content (AvgIpc) is 2.90. The third-order valence-electron chi connectivity index (χ3n) is 3.59. The molecule has 0 saturated carbocycles. The van der Waals surface area contributed by atoms with Crippen molar-refractivity contribution in [2.24, 2.45) is 0 Å². The molecule has 1 aliphatic heterocycles. The van der Waals surface area contributed by atoms with E-state index in [4.69, 9.17) is 4.74 Å². The van der Waals surface area contributed by atoms with Gasteiger partial charge in [0.25, 0.3) is 0 Å². The van der Waals surface area contributed by atoms with Crippen molar-refractivity contribution < 1.29 is 13.2 Å². The molecule has 22 heavy (non-hydrogen) atoms. The van der Waals surface area contributed by atoms with Gasteiger partial charge in [0.15, 0.2) is 0 Å². The van der Waals surface area contributed by atoms with E-state index in [0.717, 1.165) is 27.9 Å². The monoisotopic (exact) mass is 383 g/mol. The van der Waals surface area contributed by atoms with Crippen LogP contribution in [-0.4, -0.2) is 43.3 Å². The summed E-state index contributed by atoms with van der Waals surface area (Å²) in [5, 5.41) is 0. The summed E-state index contributed by atoms with van der Waals surface area (Å²) in [4.78, 5) is 0.